The highest BCUT2D eigenvalue weighted by molar-refractivity contribution is 7.92. The maximum atomic E-state index is 12.3. The monoisotopic (exact) mass is 341 g/mol. The lowest BCUT2D eigenvalue weighted by Gasteiger charge is -2.26. The van der Waals surface area contributed by atoms with E-state index in [-0.39, 0.29) is 23.8 Å². The molecule has 9 heteroatoms. The minimum Gasteiger partial charge on any atom is -0.341 e. The molecular formula is C14H19N3O5S. The molecule has 2 rings (SSSR count). The van der Waals surface area contributed by atoms with Crippen molar-refractivity contribution < 1.29 is 18.1 Å². The zero-order valence-corrected chi connectivity index (χ0v) is 13.9. The molecular weight excluding hydrogens is 322 g/mol. The Morgan fingerprint density at radius 1 is 1.35 bits per heavy atom. The molecule has 0 aromatic heterocycles. The SMILES string of the molecule is Cc1ccc([N+](=O)[O-])cc1N(CC(=O)N1CCCC1)S(C)(=O)=O. The number of nitro groups is 1. The summed E-state index contributed by atoms with van der Waals surface area (Å²) in [5, 5.41) is 10.9. The number of carbonyl (C=O) groups is 1. The van der Waals surface area contributed by atoms with Gasteiger partial charge in [-0.1, -0.05) is 6.07 Å². The Morgan fingerprint density at radius 2 is 1.96 bits per heavy atom. The minimum atomic E-state index is -3.74. The van der Waals surface area contributed by atoms with Crippen LogP contribution in [0.4, 0.5) is 11.4 Å². The summed E-state index contributed by atoms with van der Waals surface area (Å²) in [6.07, 6.45) is 2.80. The van der Waals surface area contributed by atoms with Crippen LogP contribution in [0.1, 0.15) is 18.4 Å². The Kier molecular flexibility index (Phi) is 4.88. The van der Waals surface area contributed by atoms with Gasteiger partial charge in [-0.15, -0.1) is 0 Å². The molecule has 1 amide bonds. The van der Waals surface area contributed by atoms with E-state index in [9.17, 15) is 23.3 Å². The van der Waals surface area contributed by atoms with Crippen molar-refractivity contribution in [3.05, 3.63) is 33.9 Å². The Balaban J connectivity index is 2.37. The van der Waals surface area contributed by atoms with Crippen LogP contribution in [0.15, 0.2) is 18.2 Å². The molecule has 1 heterocycles. The van der Waals surface area contributed by atoms with Crippen molar-refractivity contribution in [2.24, 2.45) is 0 Å². The van der Waals surface area contributed by atoms with Gasteiger partial charge < -0.3 is 4.90 Å². The molecule has 0 unspecified atom stereocenters. The van der Waals surface area contributed by atoms with Crippen LogP contribution in [-0.2, 0) is 14.8 Å². The first-order valence-electron chi connectivity index (χ1n) is 7.20. The number of hydrogen-bond donors (Lipinski definition) is 0. The lowest BCUT2D eigenvalue weighted by Crippen LogP contribution is -2.41. The van der Waals surface area contributed by atoms with Gasteiger partial charge in [0.25, 0.3) is 5.69 Å². The number of rotatable bonds is 5. The molecule has 0 atom stereocenters. The molecule has 0 N–H and O–H groups in total. The van der Waals surface area contributed by atoms with Gasteiger partial charge in [0.2, 0.25) is 15.9 Å². The summed E-state index contributed by atoms with van der Waals surface area (Å²) in [5.74, 6) is -0.293. The Morgan fingerprint density at radius 3 is 2.48 bits per heavy atom. The van der Waals surface area contributed by atoms with Gasteiger partial charge in [-0.05, 0) is 25.3 Å². The summed E-state index contributed by atoms with van der Waals surface area (Å²) in [5.41, 5.74) is 0.498. The molecule has 1 saturated heterocycles. The predicted molar refractivity (Wildman–Crippen MR) is 85.8 cm³/mol. The molecule has 8 nitrogen and oxygen atoms in total. The summed E-state index contributed by atoms with van der Waals surface area (Å²) in [6, 6.07) is 3.97. The van der Waals surface area contributed by atoms with Crippen molar-refractivity contribution in [3.8, 4) is 0 Å². The van der Waals surface area contributed by atoms with Crippen LogP contribution in [0.5, 0.6) is 0 Å². The quantitative estimate of drug-likeness (QED) is 0.593. The van der Waals surface area contributed by atoms with Crippen LogP contribution in [0.25, 0.3) is 0 Å². The Labute approximate surface area is 134 Å². The fourth-order valence-corrected chi connectivity index (χ4v) is 3.45. The van der Waals surface area contributed by atoms with E-state index < -0.39 is 14.9 Å². The van der Waals surface area contributed by atoms with Crippen molar-refractivity contribution in [1.82, 2.24) is 4.90 Å². The van der Waals surface area contributed by atoms with Gasteiger partial charge in [-0.25, -0.2) is 8.42 Å². The predicted octanol–water partition coefficient (Wildman–Crippen LogP) is 1.29. The number of hydrogen-bond acceptors (Lipinski definition) is 5. The number of amides is 1. The van der Waals surface area contributed by atoms with Crippen LogP contribution in [0.2, 0.25) is 0 Å². The molecule has 1 aliphatic heterocycles. The van der Waals surface area contributed by atoms with Gasteiger partial charge in [-0.2, -0.15) is 0 Å². The van der Waals surface area contributed by atoms with Crippen molar-refractivity contribution in [2.75, 3.05) is 30.2 Å². The molecule has 0 saturated carbocycles. The van der Waals surface area contributed by atoms with Gasteiger partial charge in [0.1, 0.15) is 6.54 Å². The summed E-state index contributed by atoms with van der Waals surface area (Å²) in [4.78, 5) is 24.2. The van der Waals surface area contributed by atoms with Gasteiger partial charge in [-0.3, -0.25) is 19.2 Å². The highest BCUT2D eigenvalue weighted by Crippen LogP contribution is 2.27. The first kappa shape index (κ1) is 17.2. The van der Waals surface area contributed by atoms with E-state index >= 15 is 0 Å². The topological polar surface area (TPSA) is 101 Å². The number of non-ortho nitro benzene ring substituents is 1. The maximum absolute atomic E-state index is 12.3. The van der Waals surface area contributed by atoms with Gasteiger partial charge >= 0.3 is 0 Å². The van der Waals surface area contributed by atoms with E-state index in [0.29, 0.717) is 18.7 Å². The summed E-state index contributed by atoms with van der Waals surface area (Å²) < 4.78 is 25.1. The van der Waals surface area contributed by atoms with Crippen molar-refractivity contribution in [2.45, 2.75) is 19.8 Å². The molecule has 0 spiro atoms. The fourth-order valence-electron chi connectivity index (χ4n) is 2.55. The number of aryl methyl sites for hydroxylation is 1. The third-order valence-corrected chi connectivity index (χ3v) is 4.94. The average Bonchev–Trinajstić information content (AvgIpc) is 2.98. The van der Waals surface area contributed by atoms with Crippen LogP contribution in [0, 0.1) is 17.0 Å². The maximum Gasteiger partial charge on any atom is 0.271 e. The summed E-state index contributed by atoms with van der Waals surface area (Å²) in [7, 11) is -3.74. The number of nitrogens with zero attached hydrogens (tertiary/aromatic N) is 3. The number of sulfonamides is 1. The van der Waals surface area contributed by atoms with Crippen molar-refractivity contribution >= 4 is 27.3 Å². The van der Waals surface area contributed by atoms with E-state index in [2.05, 4.69) is 0 Å². The number of benzene rings is 1. The molecule has 1 aromatic carbocycles. The van der Waals surface area contributed by atoms with Crippen LogP contribution >= 0.6 is 0 Å². The number of anilines is 1. The first-order chi connectivity index (χ1) is 10.7. The molecule has 0 bridgehead atoms. The highest BCUT2D eigenvalue weighted by atomic mass is 32.2. The van der Waals surface area contributed by atoms with E-state index in [1.807, 2.05) is 0 Å². The van der Waals surface area contributed by atoms with Gasteiger partial charge in [0.05, 0.1) is 16.9 Å². The standard InChI is InChI=1S/C14H19N3O5S/c1-11-5-6-12(17(19)20)9-13(11)16(23(2,21)22)10-14(18)15-7-3-4-8-15/h5-6,9H,3-4,7-8,10H2,1-2H3. The smallest absolute Gasteiger partial charge is 0.271 e. The molecule has 1 fully saturated rings. The van der Waals surface area contributed by atoms with Crippen molar-refractivity contribution in [3.63, 3.8) is 0 Å². The van der Waals surface area contributed by atoms with E-state index in [1.54, 1.807) is 11.8 Å². The second kappa shape index (κ2) is 6.53. The third kappa shape index (κ3) is 3.98. The molecule has 1 aliphatic rings. The number of likely N-dealkylation sites (tertiary alicyclic amines) is 1. The normalized spacial score (nSPS) is 14.8. The zero-order valence-electron chi connectivity index (χ0n) is 13.1. The van der Waals surface area contributed by atoms with Gasteiger partial charge in [0, 0.05) is 25.2 Å². The molecule has 23 heavy (non-hydrogen) atoms. The van der Waals surface area contributed by atoms with Crippen molar-refractivity contribution in [1.29, 1.82) is 0 Å². The zero-order chi connectivity index (χ0) is 17.2. The first-order valence-corrected chi connectivity index (χ1v) is 9.05. The molecule has 1 aromatic rings. The van der Waals surface area contributed by atoms with Crippen LogP contribution < -0.4 is 4.31 Å². The lowest BCUT2D eigenvalue weighted by molar-refractivity contribution is -0.384. The van der Waals surface area contributed by atoms with E-state index in [1.165, 1.54) is 18.2 Å². The molecule has 0 radical (unpaired) electrons. The van der Waals surface area contributed by atoms with Crippen LogP contribution in [0.3, 0.4) is 0 Å². The largest absolute Gasteiger partial charge is 0.341 e. The number of nitro benzene ring substituents is 1. The second-order valence-corrected chi connectivity index (χ2v) is 7.49. The Hall–Kier alpha value is -2.16. The average molecular weight is 341 g/mol. The fraction of sp³-hybridized carbons (Fsp3) is 0.500. The van der Waals surface area contributed by atoms with Crippen LogP contribution in [-0.4, -0.2) is 50.0 Å². The number of carbonyl (C=O) groups excluding carboxylic acids is 1. The second-order valence-electron chi connectivity index (χ2n) is 5.59. The summed E-state index contributed by atoms with van der Waals surface area (Å²) >= 11 is 0. The summed E-state index contributed by atoms with van der Waals surface area (Å²) in [6.45, 7) is 2.53. The van der Waals surface area contributed by atoms with E-state index in [0.717, 1.165) is 23.4 Å². The molecule has 0 aliphatic carbocycles. The third-order valence-electron chi connectivity index (χ3n) is 3.81. The molecule has 126 valence electrons. The van der Waals surface area contributed by atoms with Gasteiger partial charge in [0.15, 0.2) is 0 Å². The minimum absolute atomic E-state index is 0.161. The Bertz CT molecular complexity index is 726. The van der Waals surface area contributed by atoms with E-state index in [4.69, 9.17) is 0 Å². The highest BCUT2D eigenvalue weighted by Gasteiger charge is 2.27. The lowest BCUT2D eigenvalue weighted by atomic mass is 10.2.